The summed E-state index contributed by atoms with van der Waals surface area (Å²) in [5, 5.41) is 5.40. The standard InChI is InChI=1S/C23H22N4O4/c24-23(30)26-18-9-7-15(8-10-18)13-25-21(28)19-12-16-4-1-2-5-17(16)14-27(19)22(29)20-6-3-11-31-20/h1-11,19H,12-14H2,(H,25,28)(H3,24,26,30). The fourth-order valence-corrected chi connectivity index (χ4v) is 3.67. The van der Waals surface area contributed by atoms with E-state index in [0.29, 0.717) is 18.7 Å². The topological polar surface area (TPSA) is 118 Å². The first kappa shape index (κ1) is 20.2. The number of anilines is 1. The number of carbonyl (C=O) groups excluding carboxylic acids is 3. The number of amides is 4. The highest BCUT2D eigenvalue weighted by atomic mass is 16.3. The van der Waals surface area contributed by atoms with Gasteiger partial charge in [0.1, 0.15) is 6.04 Å². The summed E-state index contributed by atoms with van der Waals surface area (Å²) in [5.74, 6) is -0.356. The fourth-order valence-electron chi connectivity index (χ4n) is 3.67. The van der Waals surface area contributed by atoms with Crippen LogP contribution in [-0.4, -0.2) is 28.8 Å². The first-order valence-corrected chi connectivity index (χ1v) is 9.85. The van der Waals surface area contributed by atoms with Crippen molar-refractivity contribution in [2.24, 2.45) is 5.73 Å². The van der Waals surface area contributed by atoms with Crippen LogP contribution < -0.4 is 16.4 Å². The lowest BCUT2D eigenvalue weighted by Crippen LogP contribution is -2.52. The van der Waals surface area contributed by atoms with E-state index in [-0.39, 0.29) is 24.1 Å². The van der Waals surface area contributed by atoms with E-state index in [2.05, 4.69) is 10.6 Å². The van der Waals surface area contributed by atoms with E-state index in [4.69, 9.17) is 10.2 Å². The zero-order chi connectivity index (χ0) is 21.8. The number of hydrogen-bond acceptors (Lipinski definition) is 4. The molecule has 1 aromatic heterocycles. The maximum absolute atomic E-state index is 13.1. The SMILES string of the molecule is NC(=O)Nc1ccc(CNC(=O)C2Cc3ccccc3CN2C(=O)c2ccco2)cc1. The number of carbonyl (C=O) groups is 3. The van der Waals surface area contributed by atoms with Gasteiger partial charge < -0.3 is 25.7 Å². The lowest BCUT2D eigenvalue weighted by atomic mass is 9.93. The normalized spacial score (nSPS) is 15.1. The maximum Gasteiger partial charge on any atom is 0.316 e. The van der Waals surface area contributed by atoms with Crippen molar-refractivity contribution in [3.8, 4) is 0 Å². The number of urea groups is 1. The predicted molar refractivity (Wildman–Crippen MR) is 114 cm³/mol. The maximum atomic E-state index is 13.1. The average molecular weight is 418 g/mol. The molecule has 31 heavy (non-hydrogen) atoms. The summed E-state index contributed by atoms with van der Waals surface area (Å²) in [6.45, 7) is 0.623. The third-order valence-electron chi connectivity index (χ3n) is 5.23. The van der Waals surface area contributed by atoms with Gasteiger partial charge in [0.2, 0.25) is 5.91 Å². The van der Waals surface area contributed by atoms with E-state index < -0.39 is 12.1 Å². The van der Waals surface area contributed by atoms with Gasteiger partial charge in [-0.05, 0) is 41.0 Å². The predicted octanol–water partition coefficient (Wildman–Crippen LogP) is 2.65. The summed E-state index contributed by atoms with van der Waals surface area (Å²) >= 11 is 0. The Labute approximate surface area is 179 Å². The van der Waals surface area contributed by atoms with Crippen LogP contribution in [0.15, 0.2) is 71.3 Å². The molecule has 4 N–H and O–H groups in total. The molecular formula is C23H22N4O4. The lowest BCUT2D eigenvalue weighted by molar-refractivity contribution is -0.126. The zero-order valence-corrected chi connectivity index (χ0v) is 16.7. The monoisotopic (exact) mass is 418 g/mol. The van der Waals surface area contributed by atoms with Gasteiger partial charge in [-0.15, -0.1) is 0 Å². The van der Waals surface area contributed by atoms with Crippen molar-refractivity contribution in [2.45, 2.75) is 25.6 Å². The van der Waals surface area contributed by atoms with Crippen LogP contribution in [-0.2, 0) is 24.3 Å². The zero-order valence-electron chi connectivity index (χ0n) is 16.7. The smallest absolute Gasteiger partial charge is 0.316 e. The third-order valence-corrected chi connectivity index (χ3v) is 5.23. The lowest BCUT2D eigenvalue weighted by Gasteiger charge is -2.35. The van der Waals surface area contributed by atoms with Crippen molar-refractivity contribution in [3.05, 3.63) is 89.4 Å². The highest BCUT2D eigenvalue weighted by molar-refractivity contribution is 5.96. The van der Waals surface area contributed by atoms with Crippen molar-refractivity contribution in [3.63, 3.8) is 0 Å². The molecule has 3 aromatic rings. The molecule has 1 unspecified atom stereocenters. The third kappa shape index (κ3) is 4.58. The van der Waals surface area contributed by atoms with Gasteiger partial charge >= 0.3 is 6.03 Å². The van der Waals surface area contributed by atoms with Crippen LogP contribution in [0.5, 0.6) is 0 Å². The number of hydrogen-bond donors (Lipinski definition) is 3. The molecule has 0 spiro atoms. The summed E-state index contributed by atoms with van der Waals surface area (Å²) in [4.78, 5) is 38.5. The summed E-state index contributed by atoms with van der Waals surface area (Å²) in [6.07, 6.45) is 1.87. The van der Waals surface area contributed by atoms with E-state index in [0.717, 1.165) is 16.7 Å². The van der Waals surface area contributed by atoms with Crippen molar-refractivity contribution in [1.82, 2.24) is 10.2 Å². The molecule has 1 aliphatic heterocycles. The molecule has 2 aromatic carbocycles. The van der Waals surface area contributed by atoms with Crippen LogP contribution in [0.25, 0.3) is 0 Å². The van der Waals surface area contributed by atoms with Crippen LogP contribution in [0.4, 0.5) is 10.5 Å². The quantitative estimate of drug-likeness (QED) is 0.590. The van der Waals surface area contributed by atoms with Gasteiger partial charge in [-0.2, -0.15) is 0 Å². The van der Waals surface area contributed by atoms with Gasteiger partial charge in [0.05, 0.1) is 6.26 Å². The first-order chi connectivity index (χ1) is 15.0. The molecule has 0 saturated heterocycles. The number of nitrogens with zero attached hydrogens (tertiary/aromatic N) is 1. The molecule has 0 aliphatic carbocycles. The minimum atomic E-state index is -0.650. The number of benzene rings is 2. The van der Waals surface area contributed by atoms with Crippen LogP contribution >= 0.6 is 0 Å². The van der Waals surface area contributed by atoms with Crippen LogP contribution in [0.2, 0.25) is 0 Å². The molecule has 158 valence electrons. The molecule has 4 rings (SSSR count). The van der Waals surface area contributed by atoms with Gasteiger partial charge in [0.15, 0.2) is 5.76 Å². The molecule has 0 bridgehead atoms. The highest BCUT2D eigenvalue weighted by Gasteiger charge is 2.35. The number of rotatable bonds is 5. The summed E-state index contributed by atoms with van der Waals surface area (Å²) in [7, 11) is 0. The molecule has 0 fully saturated rings. The van der Waals surface area contributed by atoms with E-state index in [1.165, 1.54) is 6.26 Å². The number of fused-ring (bicyclic) bond motifs is 1. The second-order valence-electron chi connectivity index (χ2n) is 7.30. The Balaban J connectivity index is 1.49. The van der Waals surface area contributed by atoms with E-state index in [1.54, 1.807) is 41.3 Å². The van der Waals surface area contributed by atoms with Crippen molar-refractivity contribution >= 4 is 23.5 Å². The second-order valence-corrected chi connectivity index (χ2v) is 7.30. The Morgan fingerprint density at radius 2 is 1.74 bits per heavy atom. The minimum absolute atomic E-state index is 0.203. The Morgan fingerprint density at radius 3 is 2.42 bits per heavy atom. The average Bonchev–Trinajstić information content (AvgIpc) is 3.31. The minimum Gasteiger partial charge on any atom is -0.459 e. The van der Waals surface area contributed by atoms with Crippen LogP contribution in [0, 0.1) is 0 Å². The van der Waals surface area contributed by atoms with Gasteiger partial charge in [-0.3, -0.25) is 9.59 Å². The van der Waals surface area contributed by atoms with Gasteiger partial charge in [-0.25, -0.2) is 4.79 Å². The van der Waals surface area contributed by atoms with Gasteiger partial charge in [0.25, 0.3) is 5.91 Å². The number of primary amides is 1. The van der Waals surface area contributed by atoms with Crippen LogP contribution in [0.1, 0.15) is 27.2 Å². The Bertz CT molecular complexity index is 1090. The van der Waals surface area contributed by atoms with Crippen molar-refractivity contribution in [1.29, 1.82) is 0 Å². The molecule has 1 atom stereocenters. The molecular weight excluding hydrogens is 396 g/mol. The molecule has 2 heterocycles. The van der Waals surface area contributed by atoms with Gasteiger partial charge in [0, 0.05) is 25.2 Å². The summed E-state index contributed by atoms with van der Waals surface area (Å²) < 4.78 is 5.27. The Hall–Kier alpha value is -4.07. The van der Waals surface area contributed by atoms with E-state index >= 15 is 0 Å². The highest BCUT2D eigenvalue weighted by Crippen LogP contribution is 2.25. The first-order valence-electron chi connectivity index (χ1n) is 9.85. The largest absolute Gasteiger partial charge is 0.459 e. The molecule has 8 heteroatoms. The summed E-state index contributed by atoms with van der Waals surface area (Å²) in [5.41, 5.74) is 8.59. The molecule has 0 saturated carbocycles. The van der Waals surface area contributed by atoms with Crippen LogP contribution in [0.3, 0.4) is 0 Å². The van der Waals surface area contributed by atoms with Crippen molar-refractivity contribution < 1.29 is 18.8 Å². The van der Waals surface area contributed by atoms with E-state index in [9.17, 15) is 14.4 Å². The number of nitrogens with two attached hydrogens (primary N) is 1. The number of nitrogens with one attached hydrogen (secondary N) is 2. The molecule has 0 radical (unpaired) electrons. The van der Waals surface area contributed by atoms with Gasteiger partial charge in [-0.1, -0.05) is 36.4 Å². The molecule has 8 nitrogen and oxygen atoms in total. The summed E-state index contributed by atoms with van der Waals surface area (Å²) in [6, 6.07) is 16.7. The molecule has 4 amide bonds. The second kappa shape index (κ2) is 8.74. The molecule has 1 aliphatic rings. The van der Waals surface area contributed by atoms with Crippen molar-refractivity contribution in [2.75, 3.05) is 5.32 Å². The fraction of sp³-hybridized carbons (Fsp3) is 0.174. The number of furan rings is 1. The Kier molecular flexibility index (Phi) is 5.70. The Morgan fingerprint density at radius 1 is 1.00 bits per heavy atom. The van der Waals surface area contributed by atoms with E-state index in [1.807, 2.05) is 24.3 Å².